The van der Waals surface area contributed by atoms with Crippen LogP contribution < -0.4 is 0 Å². The van der Waals surface area contributed by atoms with Crippen molar-refractivity contribution in [3.8, 4) is 6.07 Å². The van der Waals surface area contributed by atoms with Gasteiger partial charge < -0.3 is 0 Å². The van der Waals surface area contributed by atoms with Crippen molar-refractivity contribution in [2.45, 2.75) is 38.5 Å². The second-order valence-electron chi connectivity index (χ2n) is 3.41. The van der Waals surface area contributed by atoms with Crippen molar-refractivity contribution in [3.63, 3.8) is 0 Å². The van der Waals surface area contributed by atoms with Crippen molar-refractivity contribution in [1.29, 1.82) is 5.26 Å². The normalized spacial score (nSPS) is 24.6. The highest BCUT2D eigenvalue weighted by atomic mass is 14.2. The number of allylic oxidation sites excluding steroid dienone is 1. The largest absolute Gasteiger partial charge is 0.198 e. The number of rotatable bonds is 2. The molecule has 0 aromatic rings. The zero-order valence-electron chi connectivity index (χ0n) is 6.97. The molecule has 0 N–H and O–H groups in total. The molecule has 0 spiro atoms. The topological polar surface area (TPSA) is 23.8 Å². The lowest BCUT2D eigenvalue weighted by Gasteiger charge is -2.22. The van der Waals surface area contributed by atoms with Crippen LogP contribution >= 0.6 is 0 Å². The van der Waals surface area contributed by atoms with E-state index < -0.39 is 0 Å². The molecule has 0 saturated heterocycles. The highest BCUT2D eigenvalue weighted by molar-refractivity contribution is 4.99. The minimum atomic E-state index is 0.720. The summed E-state index contributed by atoms with van der Waals surface area (Å²) in [6.07, 6.45) is 6.77. The third-order valence-corrected chi connectivity index (χ3v) is 2.38. The molecule has 1 nitrogen and oxygen atoms in total. The minimum Gasteiger partial charge on any atom is -0.198 e. The average Bonchev–Trinajstić information content (AvgIpc) is 2.01. The van der Waals surface area contributed by atoms with E-state index in [1.165, 1.54) is 31.3 Å². The molecule has 1 rings (SSSR count). The lowest BCUT2D eigenvalue weighted by atomic mass is 9.84. The van der Waals surface area contributed by atoms with Gasteiger partial charge in [-0.25, -0.2) is 0 Å². The van der Waals surface area contributed by atoms with Crippen LogP contribution in [0.25, 0.3) is 0 Å². The molecule has 1 fully saturated rings. The summed E-state index contributed by atoms with van der Waals surface area (Å²) in [7, 11) is 0. The molecular formula is C10H15N. The third-order valence-electron chi connectivity index (χ3n) is 2.38. The molecule has 1 aliphatic rings. The van der Waals surface area contributed by atoms with E-state index in [0.29, 0.717) is 0 Å². The number of hydrogen-bond acceptors (Lipinski definition) is 1. The van der Waals surface area contributed by atoms with Crippen molar-refractivity contribution in [2.75, 3.05) is 0 Å². The number of nitriles is 1. The van der Waals surface area contributed by atoms with Gasteiger partial charge in [-0.1, -0.05) is 12.2 Å². The molecule has 60 valence electrons. The maximum Gasteiger partial charge on any atom is 0.0621 e. The van der Waals surface area contributed by atoms with Crippen molar-refractivity contribution in [2.24, 2.45) is 5.92 Å². The molecule has 1 atom stereocenters. The van der Waals surface area contributed by atoms with Gasteiger partial charge in [0.15, 0.2) is 0 Å². The van der Waals surface area contributed by atoms with Crippen LogP contribution in [0.2, 0.25) is 0 Å². The molecule has 1 saturated carbocycles. The summed E-state index contributed by atoms with van der Waals surface area (Å²) in [6.45, 7) is 3.99. The van der Waals surface area contributed by atoms with Gasteiger partial charge in [-0.3, -0.25) is 0 Å². The third kappa shape index (κ3) is 2.76. The quantitative estimate of drug-likeness (QED) is 0.553. The highest BCUT2D eigenvalue weighted by Crippen LogP contribution is 2.29. The lowest BCUT2D eigenvalue weighted by molar-refractivity contribution is 0.398. The first-order valence-electron chi connectivity index (χ1n) is 4.36. The van der Waals surface area contributed by atoms with Crippen LogP contribution in [0.3, 0.4) is 0 Å². The van der Waals surface area contributed by atoms with Gasteiger partial charge in [0.2, 0.25) is 0 Å². The van der Waals surface area contributed by atoms with Crippen LogP contribution in [-0.4, -0.2) is 0 Å². The summed E-state index contributed by atoms with van der Waals surface area (Å²) in [5, 5.41) is 8.39. The fourth-order valence-corrected chi connectivity index (χ4v) is 1.77. The maximum atomic E-state index is 8.39. The van der Waals surface area contributed by atoms with Gasteiger partial charge >= 0.3 is 0 Å². The molecule has 11 heavy (non-hydrogen) atoms. The van der Waals surface area contributed by atoms with Gasteiger partial charge in [0.1, 0.15) is 0 Å². The van der Waals surface area contributed by atoms with Crippen LogP contribution in [0.4, 0.5) is 0 Å². The second-order valence-corrected chi connectivity index (χ2v) is 3.41. The predicted octanol–water partition coefficient (Wildman–Crippen LogP) is 3.04. The average molecular weight is 149 g/mol. The Hall–Kier alpha value is -0.770. The van der Waals surface area contributed by atoms with Gasteiger partial charge in [0.25, 0.3) is 0 Å². The lowest BCUT2D eigenvalue weighted by Crippen LogP contribution is -2.07. The van der Waals surface area contributed by atoms with E-state index in [1.54, 1.807) is 0 Å². The van der Waals surface area contributed by atoms with Crippen LogP contribution in [0.15, 0.2) is 12.2 Å². The van der Waals surface area contributed by atoms with Crippen molar-refractivity contribution in [3.05, 3.63) is 12.2 Å². The molecule has 0 aromatic carbocycles. The van der Waals surface area contributed by atoms with Gasteiger partial charge in [0.05, 0.1) is 6.07 Å². The smallest absolute Gasteiger partial charge is 0.0621 e. The van der Waals surface area contributed by atoms with E-state index in [2.05, 4.69) is 12.6 Å². The summed E-state index contributed by atoms with van der Waals surface area (Å²) in [4.78, 5) is 0. The van der Waals surface area contributed by atoms with Gasteiger partial charge in [-0.2, -0.15) is 5.26 Å². The van der Waals surface area contributed by atoms with E-state index in [0.717, 1.165) is 18.8 Å². The molecule has 1 unspecified atom stereocenters. The van der Waals surface area contributed by atoms with Crippen LogP contribution in [0.1, 0.15) is 38.5 Å². The minimum absolute atomic E-state index is 0.720. The van der Waals surface area contributed by atoms with E-state index in [1.807, 2.05) is 0 Å². The standard InChI is InChI=1S/C10H15N/c1-9-4-2-5-10(8-9)6-3-7-11/h10H,1-6,8H2. The molecule has 0 amide bonds. The van der Waals surface area contributed by atoms with Crippen molar-refractivity contribution in [1.82, 2.24) is 0 Å². The second kappa shape index (κ2) is 4.18. The Kier molecular flexibility index (Phi) is 3.16. The maximum absolute atomic E-state index is 8.39. The first-order valence-corrected chi connectivity index (χ1v) is 4.36. The summed E-state index contributed by atoms with van der Waals surface area (Å²) < 4.78 is 0. The summed E-state index contributed by atoms with van der Waals surface area (Å²) in [5.74, 6) is 0.760. The highest BCUT2D eigenvalue weighted by Gasteiger charge is 2.14. The van der Waals surface area contributed by atoms with E-state index in [-0.39, 0.29) is 0 Å². The van der Waals surface area contributed by atoms with Crippen molar-refractivity contribution >= 4 is 0 Å². The summed E-state index contributed by atoms with van der Waals surface area (Å²) >= 11 is 0. The first kappa shape index (κ1) is 8.33. The van der Waals surface area contributed by atoms with E-state index >= 15 is 0 Å². The zero-order chi connectivity index (χ0) is 8.10. The number of hydrogen-bond donors (Lipinski definition) is 0. The Morgan fingerprint density at radius 3 is 3.09 bits per heavy atom. The van der Waals surface area contributed by atoms with Gasteiger partial charge in [-0.05, 0) is 38.0 Å². The zero-order valence-corrected chi connectivity index (χ0v) is 6.97. The molecule has 1 aliphatic carbocycles. The monoisotopic (exact) mass is 149 g/mol. The molecule has 1 heteroatoms. The Labute approximate surface area is 68.7 Å². The number of nitrogens with zero attached hydrogens (tertiary/aromatic N) is 1. The molecule has 0 aliphatic heterocycles. The molecule has 0 bridgehead atoms. The van der Waals surface area contributed by atoms with E-state index in [9.17, 15) is 0 Å². The van der Waals surface area contributed by atoms with Gasteiger partial charge in [0, 0.05) is 6.42 Å². The fourth-order valence-electron chi connectivity index (χ4n) is 1.77. The molecule has 0 aromatic heterocycles. The molecule has 0 radical (unpaired) electrons. The Morgan fingerprint density at radius 1 is 1.64 bits per heavy atom. The van der Waals surface area contributed by atoms with Crippen LogP contribution in [0.5, 0.6) is 0 Å². The van der Waals surface area contributed by atoms with Gasteiger partial charge in [-0.15, -0.1) is 0 Å². The fraction of sp³-hybridized carbons (Fsp3) is 0.700. The summed E-state index contributed by atoms with van der Waals surface area (Å²) in [6, 6.07) is 2.20. The SMILES string of the molecule is C=C1CCCC(CCC#N)C1. The molecule has 0 heterocycles. The Morgan fingerprint density at radius 2 is 2.45 bits per heavy atom. The first-order chi connectivity index (χ1) is 5.33. The van der Waals surface area contributed by atoms with Crippen LogP contribution in [0, 0.1) is 17.2 Å². The Bertz CT molecular complexity index is 176. The predicted molar refractivity (Wildman–Crippen MR) is 45.9 cm³/mol. The van der Waals surface area contributed by atoms with E-state index in [4.69, 9.17) is 5.26 Å². The molecular weight excluding hydrogens is 134 g/mol. The summed E-state index contributed by atoms with van der Waals surface area (Å²) in [5.41, 5.74) is 1.39. The Balaban J connectivity index is 2.24. The van der Waals surface area contributed by atoms with Crippen LogP contribution in [-0.2, 0) is 0 Å². The van der Waals surface area contributed by atoms with Crippen molar-refractivity contribution < 1.29 is 0 Å².